The summed E-state index contributed by atoms with van der Waals surface area (Å²) in [7, 11) is 0. The van der Waals surface area contributed by atoms with Crippen LogP contribution in [0.3, 0.4) is 0 Å². The predicted molar refractivity (Wildman–Crippen MR) is 54.8 cm³/mol. The van der Waals surface area contributed by atoms with Crippen LogP contribution >= 0.6 is 0 Å². The lowest BCUT2D eigenvalue weighted by Gasteiger charge is -2.24. The highest BCUT2D eigenvalue weighted by molar-refractivity contribution is 5.33. The fourth-order valence-electron chi connectivity index (χ4n) is 1.68. The summed E-state index contributed by atoms with van der Waals surface area (Å²) in [5.41, 5.74) is 1.97. The molecule has 0 aliphatic carbocycles. The smallest absolute Gasteiger partial charge is 0.0991 e. The number of nitriles is 1. The Hall–Kier alpha value is -1.37. The Morgan fingerprint density at radius 3 is 2.57 bits per heavy atom. The van der Waals surface area contributed by atoms with Gasteiger partial charge in [0.15, 0.2) is 0 Å². The van der Waals surface area contributed by atoms with Crippen LogP contribution in [0.25, 0.3) is 0 Å². The highest BCUT2D eigenvalue weighted by Gasteiger charge is 2.13. The van der Waals surface area contributed by atoms with Crippen LogP contribution < -0.4 is 10.6 Å². The van der Waals surface area contributed by atoms with E-state index in [1.807, 2.05) is 24.3 Å². The van der Waals surface area contributed by atoms with Crippen LogP contribution in [0.15, 0.2) is 24.3 Å². The number of rotatable bonds is 1. The molecule has 1 aliphatic rings. The van der Waals surface area contributed by atoms with Gasteiger partial charge in [-0.05, 0) is 17.7 Å². The average Bonchev–Trinajstić information content (AvgIpc) is 2.30. The van der Waals surface area contributed by atoms with Crippen LogP contribution in [0.5, 0.6) is 0 Å². The Morgan fingerprint density at radius 2 is 2.00 bits per heavy atom. The Morgan fingerprint density at radius 1 is 1.21 bits per heavy atom. The second-order valence-corrected chi connectivity index (χ2v) is 3.44. The Labute approximate surface area is 83.7 Å². The molecular formula is C11H13N3. The first-order valence-electron chi connectivity index (χ1n) is 4.84. The van der Waals surface area contributed by atoms with Crippen molar-refractivity contribution in [3.8, 4) is 6.07 Å². The highest BCUT2D eigenvalue weighted by atomic mass is 15.1. The van der Waals surface area contributed by atoms with Gasteiger partial charge in [0.25, 0.3) is 0 Å². The quantitative estimate of drug-likeness (QED) is 0.683. The molecule has 14 heavy (non-hydrogen) atoms. The van der Waals surface area contributed by atoms with Crippen molar-refractivity contribution in [2.24, 2.45) is 0 Å². The lowest BCUT2D eigenvalue weighted by atomic mass is 10.0. The fourth-order valence-corrected chi connectivity index (χ4v) is 1.68. The number of hydrogen-bond donors (Lipinski definition) is 2. The van der Waals surface area contributed by atoms with E-state index in [9.17, 15) is 0 Å². The first kappa shape index (κ1) is 9.20. The first-order chi connectivity index (χ1) is 6.90. The monoisotopic (exact) mass is 187 g/mol. The van der Waals surface area contributed by atoms with E-state index in [0.717, 1.165) is 25.2 Å². The molecule has 0 spiro atoms. The lowest BCUT2D eigenvalue weighted by molar-refractivity contribution is 0.430. The third kappa shape index (κ3) is 1.92. The van der Waals surface area contributed by atoms with Crippen molar-refractivity contribution in [1.29, 1.82) is 5.26 Å². The van der Waals surface area contributed by atoms with Crippen LogP contribution in [-0.4, -0.2) is 19.6 Å². The molecule has 2 rings (SSSR count). The first-order valence-corrected chi connectivity index (χ1v) is 4.84. The van der Waals surface area contributed by atoms with E-state index in [4.69, 9.17) is 5.26 Å². The van der Waals surface area contributed by atoms with Crippen LogP contribution in [0.4, 0.5) is 0 Å². The number of benzene rings is 1. The molecule has 0 radical (unpaired) electrons. The summed E-state index contributed by atoms with van der Waals surface area (Å²) in [6, 6.07) is 10.3. The van der Waals surface area contributed by atoms with Gasteiger partial charge in [0.2, 0.25) is 0 Å². The summed E-state index contributed by atoms with van der Waals surface area (Å²) in [6.07, 6.45) is 0. The van der Waals surface area contributed by atoms with Gasteiger partial charge in [-0.15, -0.1) is 0 Å². The van der Waals surface area contributed by atoms with Gasteiger partial charge in [-0.3, -0.25) is 0 Å². The summed E-state index contributed by atoms with van der Waals surface area (Å²) in [4.78, 5) is 0. The molecule has 0 saturated carbocycles. The summed E-state index contributed by atoms with van der Waals surface area (Å²) in [5, 5.41) is 15.4. The van der Waals surface area contributed by atoms with Gasteiger partial charge in [-0.25, -0.2) is 0 Å². The summed E-state index contributed by atoms with van der Waals surface area (Å²) in [6.45, 7) is 3.00. The van der Waals surface area contributed by atoms with Gasteiger partial charge >= 0.3 is 0 Å². The van der Waals surface area contributed by atoms with Crippen molar-refractivity contribution in [1.82, 2.24) is 10.6 Å². The van der Waals surface area contributed by atoms with E-state index in [-0.39, 0.29) is 0 Å². The number of piperazine rings is 1. The van der Waals surface area contributed by atoms with Gasteiger partial charge in [0.1, 0.15) is 0 Å². The lowest BCUT2D eigenvalue weighted by Crippen LogP contribution is -2.42. The van der Waals surface area contributed by atoms with Gasteiger partial charge in [0.05, 0.1) is 11.6 Å². The molecule has 1 aromatic rings. The van der Waals surface area contributed by atoms with Gasteiger partial charge in [-0.1, -0.05) is 12.1 Å². The van der Waals surface area contributed by atoms with E-state index < -0.39 is 0 Å². The molecule has 0 unspecified atom stereocenters. The maximum absolute atomic E-state index is 8.66. The van der Waals surface area contributed by atoms with Crippen LogP contribution in [0.2, 0.25) is 0 Å². The molecule has 0 aromatic heterocycles. The molecule has 3 nitrogen and oxygen atoms in total. The minimum atomic E-state index is 0.386. The van der Waals surface area contributed by atoms with Gasteiger partial charge in [-0.2, -0.15) is 5.26 Å². The van der Waals surface area contributed by atoms with Crippen molar-refractivity contribution in [2.45, 2.75) is 6.04 Å². The van der Waals surface area contributed by atoms with Crippen molar-refractivity contribution in [3.63, 3.8) is 0 Å². The maximum Gasteiger partial charge on any atom is 0.0991 e. The molecule has 2 N–H and O–H groups in total. The van der Waals surface area contributed by atoms with Gasteiger partial charge in [0, 0.05) is 25.7 Å². The van der Waals surface area contributed by atoms with E-state index in [1.165, 1.54) is 5.56 Å². The number of nitrogens with one attached hydrogen (secondary N) is 2. The third-order valence-corrected chi connectivity index (χ3v) is 2.48. The molecular weight excluding hydrogens is 174 g/mol. The second kappa shape index (κ2) is 4.23. The zero-order valence-corrected chi connectivity index (χ0v) is 7.96. The Bertz CT molecular complexity index is 331. The molecule has 72 valence electrons. The second-order valence-electron chi connectivity index (χ2n) is 3.44. The highest BCUT2D eigenvalue weighted by Crippen LogP contribution is 2.14. The molecule has 0 amide bonds. The third-order valence-electron chi connectivity index (χ3n) is 2.48. The number of nitrogens with zero attached hydrogens (tertiary/aromatic N) is 1. The average molecular weight is 187 g/mol. The summed E-state index contributed by atoms with van der Waals surface area (Å²) >= 11 is 0. The largest absolute Gasteiger partial charge is 0.314 e. The van der Waals surface area contributed by atoms with Crippen molar-refractivity contribution in [2.75, 3.05) is 19.6 Å². The summed E-state index contributed by atoms with van der Waals surface area (Å²) in [5.74, 6) is 0. The zero-order chi connectivity index (χ0) is 9.80. The summed E-state index contributed by atoms with van der Waals surface area (Å²) < 4.78 is 0. The zero-order valence-electron chi connectivity index (χ0n) is 7.96. The minimum Gasteiger partial charge on any atom is -0.314 e. The molecule has 1 fully saturated rings. The van der Waals surface area contributed by atoms with E-state index in [1.54, 1.807) is 0 Å². The molecule has 1 aromatic carbocycles. The maximum atomic E-state index is 8.66. The van der Waals surface area contributed by atoms with Crippen molar-refractivity contribution in [3.05, 3.63) is 35.4 Å². The molecule has 1 aliphatic heterocycles. The fraction of sp³-hybridized carbons (Fsp3) is 0.364. The van der Waals surface area contributed by atoms with E-state index in [0.29, 0.717) is 6.04 Å². The van der Waals surface area contributed by atoms with Crippen molar-refractivity contribution < 1.29 is 0 Å². The SMILES string of the molecule is N#Cc1ccc([C@@H]2CNCCN2)cc1. The molecule has 1 heterocycles. The molecule has 1 saturated heterocycles. The van der Waals surface area contributed by atoms with E-state index >= 15 is 0 Å². The van der Waals surface area contributed by atoms with Crippen LogP contribution in [0.1, 0.15) is 17.2 Å². The normalized spacial score (nSPS) is 21.5. The van der Waals surface area contributed by atoms with Crippen LogP contribution in [0, 0.1) is 11.3 Å². The minimum absolute atomic E-state index is 0.386. The topological polar surface area (TPSA) is 47.9 Å². The predicted octanol–water partition coefficient (Wildman–Crippen LogP) is 0.792. The van der Waals surface area contributed by atoms with Crippen LogP contribution in [-0.2, 0) is 0 Å². The van der Waals surface area contributed by atoms with E-state index in [2.05, 4.69) is 16.7 Å². The van der Waals surface area contributed by atoms with Gasteiger partial charge < -0.3 is 10.6 Å². The molecule has 3 heteroatoms. The number of hydrogen-bond acceptors (Lipinski definition) is 3. The molecule has 0 bridgehead atoms. The standard InChI is InChI=1S/C11H13N3/c12-7-9-1-3-10(4-2-9)11-8-13-5-6-14-11/h1-4,11,13-14H,5-6,8H2/t11-/m0/s1. The Kier molecular flexibility index (Phi) is 2.78. The molecule has 1 atom stereocenters. The Balaban J connectivity index is 2.12. The van der Waals surface area contributed by atoms with Crippen molar-refractivity contribution >= 4 is 0 Å².